The van der Waals surface area contributed by atoms with Crippen molar-refractivity contribution in [1.82, 2.24) is 5.32 Å². The first kappa shape index (κ1) is 18.2. The van der Waals surface area contributed by atoms with Crippen molar-refractivity contribution in [2.45, 2.75) is 58.4 Å². The van der Waals surface area contributed by atoms with Crippen molar-refractivity contribution in [3.63, 3.8) is 0 Å². The van der Waals surface area contributed by atoms with Crippen LogP contribution in [0.5, 0.6) is 0 Å². The zero-order chi connectivity index (χ0) is 17.4. The van der Waals surface area contributed by atoms with Crippen LogP contribution in [0, 0.1) is 0 Å². The van der Waals surface area contributed by atoms with E-state index in [0.717, 1.165) is 37.1 Å². The lowest BCUT2D eigenvalue weighted by Gasteiger charge is -2.15. The van der Waals surface area contributed by atoms with Crippen LogP contribution >= 0.6 is 0 Å². The molecule has 130 valence electrons. The third-order valence-corrected chi connectivity index (χ3v) is 4.33. The van der Waals surface area contributed by atoms with E-state index in [1.807, 2.05) is 42.2 Å². The normalized spacial score (nSPS) is 15.9. The molecular formula is C20H28N2O2. The Kier molecular flexibility index (Phi) is 7.04. The third kappa shape index (κ3) is 5.52. The number of carbonyl (C=O) groups excluding carboxylic acids is 2. The van der Waals surface area contributed by atoms with Gasteiger partial charge in [-0.1, -0.05) is 38.3 Å². The zero-order valence-corrected chi connectivity index (χ0v) is 14.8. The fraction of sp³-hybridized carbons (Fsp3) is 0.500. The first-order valence-corrected chi connectivity index (χ1v) is 8.99. The zero-order valence-electron chi connectivity index (χ0n) is 14.8. The summed E-state index contributed by atoms with van der Waals surface area (Å²) in [6, 6.07) is 7.96. The van der Waals surface area contributed by atoms with Crippen LogP contribution in [-0.2, 0) is 9.59 Å². The summed E-state index contributed by atoms with van der Waals surface area (Å²) in [6.07, 6.45) is 9.53. The largest absolute Gasteiger partial charge is 0.350 e. The fourth-order valence-electron chi connectivity index (χ4n) is 2.92. The molecular weight excluding hydrogens is 300 g/mol. The lowest BCUT2D eigenvalue weighted by Crippen LogP contribution is -2.30. The molecule has 4 heteroatoms. The van der Waals surface area contributed by atoms with Crippen molar-refractivity contribution in [3.05, 3.63) is 35.9 Å². The van der Waals surface area contributed by atoms with Gasteiger partial charge in [-0.2, -0.15) is 0 Å². The monoisotopic (exact) mass is 328 g/mol. The van der Waals surface area contributed by atoms with Crippen LogP contribution in [0.4, 0.5) is 5.69 Å². The molecule has 2 rings (SSSR count). The summed E-state index contributed by atoms with van der Waals surface area (Å²) in [6.45, 7) is 5.02. The first-order chi connectivity index (χ1) is 11.6. The molecule has 1 N–H and O–H groups in total. The Labute approximate surface area is 144 Å². The van der Waals surface area contributed by atoms with Crippen molar-refractivity contribution in [2.75, 3.05) is 11.4 Å². The van der Waals surface area contributed by atoms with Gasteiger partial charge in [-0.3, -0.25) is 9.59 Å². The highest BCUT2D eigenvalue weighted by atomic mass is 16.2. The van der Waals surface area contributed by atoms with Crippen molar-refractivity contribution < 1.29 is 9.59 Å². The molecule has 1 atom stereocenters. The van der Waals surface area contributed by atoms with E-state index in [1.165, 1.54) is 12.8 Å². The number of hydrogen-bond acceptors (Lipinski definition) is 2. The van der Waals surface area contributed by atoms with E-state index in [-0.39, 0.29) is 17.9 Å². The lowest BCUT2D eigenvalue weighted by atomic mass is 10.1. The van der Waals surface area contributed by atoms with E-state index in [4.69, 9.17) is 0 Å². The number of nitrogens with zero attached hydrogens (tertiary/aromatic N) is 1. The van der Waals surface area contributed by atoms with Crippen LogP contribution in [0.1, 0.15) is 57.9 Å². The average molecular weight is 328 g/mol. The molecule has 24 heavy (non-hydrogen) atoms. The Morgan fingerprint density at radius 3 is 2.67 bits per heavy atom. The summed E-state index contributed by atoms with van der Waals surface area (Å²) in [5, 5.41) is 2.99. The average Bonchev–Trinajstić information content (AvgIpc) is 3.00. The second-order valence-corrected chi connectivity index (χ2v) is 6.48. The minimum Gasteiger partial charge on any atom is -0.350 e. The Balaban J connectivity index is 1.83. The molecule has 1 unspecified atom stereocenters. The predicted octanol–water partition coefficient (Wildman–Crippen LogP) is 3.91. The molecule has 0 saturated carbocycles. The van der Waals surface area contributed by atoms with Gasteiger partial charge >= 0.3 is 0 Å². The van der Waals surface area contributed by atoms with Crippen molar-refractivity contribution in [1.29, 1.82) is 0 Å². The topological polar surface area (TPSA) is 49.4 Å². The van der Waals surface area contributed by atoms with Crippen LogP contribution in [0.15, 0.2) is 30.3 Å². The maximum atomic E-state index is 11.9. The molecule has 0 radical (unpaired) electrons. The lowest BCUT2D eigenvalue weighted by molar-refractivity contribution is -0.117. The molecule has 4 nitrogen and oxygen atoms in total. The molecule has 2 amide bonds. The van der Waals surface area contributed by atoms with Gasteiger partial charge in [-0.25, -0.2) is 0 Å². The van der Waals surface area contributed by atoms with Gasteiger partial charge in [-0.05, 0) is 43.5 Å². The van der Waals surface area contributed by atoms with Gasteiger partial charge in [0.05, 0.1) is 0 Å². The molecule has 1 aromatic carbocycles. The van der Waals surface area contributed by atoms with E-state index in [2.05, 4.69) is 12.2 Å². The van der Waals surface area contributed by atoms with Crippen molar-refractivity contribution >= 4 is 23.6 Å². The standard InChI is InChI=1S/C20H28N2O2/c1-3-4-5-7-16(2)21-19(23)14-11-17-9-12-18(13-10-17)22-15-6-8-20(22)24/h9-14,16H,3-8,15H2,1-2H3,(H,21,23)/b14-11+. The predicted molar refractivity (Wildman–Crippen MR) is 98.8 cm³/mol. The van der Waals surface area contributed by atoms with Crippen molar-refractivity contribution in [2.24, 2.45) is 0 Å². The first-order valence-electron chi connectivity index (χ1n) is 8.99. The summed E-state index contributed by atoms with van der Waals surface area (Å²) < 4.78 is 0. The number of nitrogens with one attached hydrogen (secondary N) is 1. The second kappa shape index (κ2) is 9.26. The van der Waals surface area contributed by atoms with Gasteiger partial charge in [0.15, 0.2) is 0 Å². The summed E-state index contributed by atoms with van der Waals surface area (Å²) >= 11 is 0. The number of carbonyl (C=O) groups is 2. The molecule has 1 aromatic rings. The third-order valence-electron chi connectivity index (χ3n) is 4.33. The maximum absolute atomic E-state index is 11.9. The number of benzene rings is 1. The van der Waals surface area contributed by atoms with Gasteiger partial charge in [0.1, 0.15) is 0 Å². The highest BCUT2D eigenvalue weighted by Crippen LogP contribution is 2.21. The molecule has 0 spiro atoms. The smallest absolute Gasteiger partial charge is 0.244 e. The molecule has 0 bridgehead atoms. The van der Waals surface area contributed by atoms with Gasteiger partial charge in [-0.15, -0.1) is 0 Å². The van der Waals surface area contributed by atoms with E-state index in [0.29, 0.717) is 6.42 Å². The van der Waals surface area contributed by atoms with E-state index in [9.17, 15) is 9.59 Å². The maximum Gasteiger partial charge on any atom is 0.244 e. The number of rotatable bonds is 8. The second-order valence-electron chi connectivity index (χ2n) is 6.48. The molecule has 1 fully saturated rings. The van der Waals surface area contributed by atoms with Crippen LogP contribution in [0.3, 0.4) is 0 Å². The van der Waals surface area contributed by atoms with Gasteiger partial charge in [0, 0.05) is 30.8 Å². The summed E-state index contributed by atoms with van der Waals surface area (Å²) in [4.78, 5) is 25.5. The SMILES string of the molecule is CCCCCC(C)NC(=O)/C=C/c1ccc(N2CCCC2=O)cc1. The summed E-state index contributed by atoms with van der Waals surface area (Å²) in [7, 11) is 0. The Bertz CT molecular complexity index is 578. The number of amides is 2. The Hall–Kier alpha value is -2.10. The Morgan fingerprint density at radius 2 is 2.04 bits per heavy atom. The number of unbranched alkanes of at least 4 members (excludes halogenated alkanes) is 2. The van der Waals surface area contributed by atoms with Crippen LogP contribution in [0.2, 0.25) is 0 Å². The van der Waals surface area contributed by atoms with Crippen LogP contribution in [0.25, 0.3) is 6.08 Å². The summed E-state index contributed by atoms with van der Waals surface area (Å²) in [5.41, 5.74) is 1.89. The molecule has 1 aliphatic heterocycles. The summed E-state index contributed by atoms with van der Waals surface area (Å²) in [5.74, 6) is 0.132. The van der Waals surface area contributed by atoms with Gasteiger partial charge in [0.2, 0.25) is 11.8 Å². The van der Waals surface area contributed by atoms with E-state index in [1.54, 1.807) is 6.08 Å². The molecule has 0 aliphatic carbocycles. The highest BCUT2D eigenvalue weighted by molar-refractivity contribution is 5.95. The molecule has 1 saturated heterocycles. The number of hydrogen-bond donors (Lipinski definition) is 1. The minimum absolute atomic E-state index is 0.0576. The van der Waals surface area contributed by atoms with Crippen molar-refractivity contribution in [3.8, 4) is 0 Å². The van der Waals surface area contributed by atoms with E-state index >= 15 is 0 Å². The van der Waals surface area contributed by atoms with Gasteiger partial charge in [0.25, 0.3) is 0 Å². The quantitative estimate of drug-likeness (QED) is 0.581. The van der Waals surface area contributed by atoms with Gasteiger partial charge < -0.3 is 10.2 Å². The van der Waals surface area contributed by atoms with E-state index < -0.39 is 0 Å². The molecule has 1 aliphatic rings. The number of anilines is 1. The highest BCUT2D eigenvalue weighted by Gasteiger charge is 2.21. The Morgan fingerprint density at radius 1 is 1.29 bits per heavy atom. The molecule has 1 heterocycles. The minimum atomic E-state index is -0.0576. The van der Waals surface area contributed by atoms with Crippen LogP contribution in [-0.4, -0.2) is 24.4 Å². The molecule has 0 aromatic heterocycles. The van der Waals surface area contributed by atoms with Crippen LogP contribution < -0.4 is 10.2 Å². The fourth-order valence-corrected chi connectivity index (χ4v) is 2.92.